The van der Waals surface area contributed by atoms with E-state index < -0.39 is 22.9 Å². The van der Waals surface area contributed by atoms with Gasteiger partial charge in [0.25, 0.3) is 5.91 Å². The van der Waals surface area contributed by atoms with Crippen LogP contribution in [0.25, 0.3) is 0 Å². The molecule has 1 unspecified atom stereocenters. The highest BCUT2D eigenvalue weighted by Crippen LogP contribution is 2.52. The van der Waals surface area contributed by atoms with Crippen molar-refractivity contribution in [2.75, 3.05) is 13.2 Å². The third kappa shape index (κ3) is 4.22. The molecule has 0 bridgehead atoms. The SMILES string of the molecule is CC(=O)c1cc(F)c2c(c1)C(=O)N(Cc1ccc(Cl)cc1)C2(OCC1(CO)CC1)c1ccc(Cl)cc1. The Kier molecular flexibility index (Phi) is 6.41. The number of carbonyl (C=O) groups is 2. The van der Waals surface area contributed by atoms with E-state index in [1.54, 1.807) is 48.5 Å². The number of ketones is 1. The molecular weight excluding hydrogens is 504 g/mol. The van der Waals surface area contributed by atoms with E-state index >= 15 is 4.39 Å². The fourth-order valence-corrected chi connectivity index (χ4v) is 4.95. The largest absolute Gasteiger partial charge is 0.396 e. The number of fused-ring (bicyclic) bond motifs is 1. The lowest BCUT2D eigenvalue weighted by molar-refractivity contribution is -0.130. The molecule has 1 aliphatic heterocycles. The molecule has 5 nitrogen and oxygen atoms in total. The van der Waals surface area contributed by atoms with Gasteiger partial charge in [-0.2, -0.15) is 0 Å². The number of carbonyl (C=O) groups excluding carboxylic acids is 2. The topological polar surface area (TPSA) is 66.8 Å². The van der Waals surface area contributed by atoms with Gasteiger partial charge in [0.05, 0.1) is 24.3 Å². The molecule has 3 aromatic rings. The Morgan fingerprint density at radius 1 is 1.06 bits per heavy atom. The molecule has 0 radical (unpaired) electrons. The molecule has 3 aromatic carbocycles. The second-order valence-corrected chi connectivity index (χ2v) is 10.4. The first-order chi connectivity index (χ1) is 17.2. The standard InChI is InChI=1S/C28H24Cl2FNO4/c1-17(34)19-12-23-25(24(31)13-19)28(20-4-8-22(30)9-5-20,36-16-27(15-33)10-11-27)32(26(23)35)14-18-2-6-21(29)7-3-18/h2-9,12-13,33H,10-11,14-16H2,1H3. The summed E-state index contributed by atoms with van der Waals surface area (Å²) in [5, 5.41) is 11.0. The Balaban J connectivity index is 1.73. The summed E-state index contributed by atoms with van der Waals surface area (Å²) in [5.41, 5.74) is -0.588. The third-order valence-corrected chi connectivity index (χ3v) is 7.56. The van der Waals surface area contributed by atoms with Gasteiger partial charge in [-0.05, 0) is 61.7 Å². The predicted octanol–water partition coefficient (Wildman–Crippen LogP) is 5.98. The summed E-state index contributed by atoms with van der Waals surface area (Å²) in [4.78, 5) is 27.5. The predicted molar refractivity (Wildman–Crippen MR) is 135 cm³/mol. The highest BCUT2D eigenvalue weighted by Gasteiger charge is 2.56. The zero-order valence-corrected chi connectivity index (χ0v) is 21.1. The monoisotopic (exact) mass is 527 g/mol. The molecular formula is C28H24Cl2FNO4. The van der Waals surface area contributed by atoms with Crippen LogP contribution in [0.3, 0.4) is 0 Å². The molecule has 36 heavy (non-hydrogen) atoms. The minimum absolute atomic E-state index is 0.0440. The van der Waals surface area contributed by atoms with Crippen LogP contribution in [0, 0.1) is 11.2 Å². The number of nitrogens with zero attached hydrogens (tertiary/aromatic N) is 1. The average molecular weight is 528 g/mol. The zero-order chi connectivity index (χ0) is 25.7. The van der Waals surface area contributed by atoms with Gasteiger partial charge in [-0.1, -0.05) is 47.5 Å². The van der Waals surface area contributed by atoms with Crippen molar-refractivity contribution in [2.45, 2.75) is 32.0 Å². The van der Waals surface area contributed by atoms with Crippen LogP contribution in [0.5, 0.6) is 0 Å². The molecule has 1 N–H and O–H groups in total. The van der Waals surface area contributed by atoms with Crippen LogP contribution in [0.1, 0.15) is 57.2 Å². The van der Waals surface area contributed by atoms with E-state index in [9.17, 15) is 14.7 Å². The maximum Gasteiger partial charge on any atom is 0.257 e. The van der Waals surface area contributed by atoms with Gasteiger partial charge in [0.1, 0.15) is 5.82 Å². The molecule has 1 atom stereocenters. The molecule has 1 aliphatic carbocycles. The number of rotatable bonds is 8. The van der Waals surface area contributed by atoms with E-state index in [1.807, 2.05) is 0 Å². The summed E-state index contributed by atoms with van der Waals surface area (Å²) >= 11 is 12.2. The van der Waals surface area contributed by atoms with Crippen LogP contribution >= 0.6 is 23.2 Å². The van der Waals surface area contributed by atoms with Gasteiger partial charge >= 0.3 is 0 Å². The van der Waals surface area contributed by atoms with Gasteiger partial charge in [0, 0.05) is 33.1 Å². The van der Waals surface area contributed by atoms with Crippen LogP contribution in [0.4, 0.5) is 4.39 Å². The van der Waals surface area contributed by atoms with Crippen LogP contribution in [0.15, 0.2) is 60.7 Å². The van der Waals surface area contributed by atoms with E-state index in [0.29, 0.717) is 15.6 Å². The van der Waals surface area contributed by atoms with Gasteiger partial charge in [0.2, 0.25) is 0 Å². The molecule has 2 aliphatic rings. The number of ether oxygens (including phenoxy) is 1. The number of halogens is 3. The lowest BCUT2D eigenvalue weighted by Crippen LogP contribution is -2.48. The van der Waals surface area contributed by atoms with Crippen molar-refractivity contribution in [1.82, 2.24) is 4.90 Å². The van der Waals surface area contributed by atoms with Crippen molar-refractivity contribution >= 4 is 34.9 Å². The maximum absolute atomic E-state index is 15.9. The van der Waals surface area contributed by atoms with E-state index in [2.05, 4.69) is 0 Å². The summed E-state index contributed by atoms with van der Waals surface area (Å²) in [6.45, 7) is 1.46. The third-order valence-electron chi connectivity index (χ3n) is 7.06. The van der Waals surface area contributed by atoms with Crippen molar-refractivity contribution < 1.29 is 23.8 Å². The molecule has 1 amide bonds. The van der Waals surface area contributed by atoms with Gasteiger partial charge in [-0.25, -0.2) is 4.39 Å². The number of aliphatic hydroxyl groups excluding tert-OH is 1. The fourth-order valence-electron chi connectivity index (χ4n) is 4.69. The minimum Gasteiger partial charge on any atom is -0.396 e. The van der Waals surface area contributed by atoms with Gasteiger partial charge in [0.15, 0.2) is 11.5 Å². The highest BCUT2D eigenvalue weighted by molar-refractivity contribution is 6.30. The number of aliphatic hydroxyl groups is 1. The van der Waals surface area contributed by atoms with Crippen molar-refractivity contribution in [3.8, 4) is 0 Å². The zero-order valence-electron chi connectivity index (χ0n) is 19.6. The molecule has 1 fully saturated rings. The first kappa shape index (κ1) is 24.9. The number of Topliss-reactive ketones (excluding diaryl/α,β-unsaturated/α-hetero) is 1. The fraction of sp³-hybridized carbons (Fsp3) is 0.286. The molecule has 8 heteroatoms. The second-order valence-electron chi connectivity index (χ2n) is 9.55. The summed E-state index contributed by atoms with van der Waals surface area (Å²) in [5.74, 6) is -1.53. The summed E-state index contributed by atoms with van der Waals surface area (Å²) in [7, 11) is 0. The van der Waals surface area contributed by atoms with Crippen molar-refractivity contribution in [2.24, 2.45) is 5.41 Å². The summed E-state index contributed by atoms with van der Waals surface area (Å²) < 4.78 is 22.5. The number of amides is 1. The molecule has 1 heterocycles. The highest BCUT2D eigenvalue weighted by atomic mass is 35.5. The van der Waals surface area contributed by atoms with Crippen molar-refractivity contribution in [1.29, 1.82) is 0 Å². The van der Waals surface area contributed by atoms with E-state index in [-0.39, 0.29) is 42.2 Å². The minimum atomic E-state index is -1.64. The van der Waals surface area contributed by atoms with Crippen molar-refractivity contribution in [3.05, 3.63) is 104 Å². The van der Waals surface area contributed by atoms with Crippen LogP contribution in [-0.4, -0.2) is 34.9 Å². The Labute approximate surface area is 218 Å². The quantitative estimate of drug-likeness (QED) is 0.366. The second kappa shape index (κ2) is 9.27. The lowest BCUT2D eigenvalue weighted by Gasteiger charge is -2.40. The first-order valence-corrected chi connectivity index (χ1v) is 12.4. The summed E-state index contributed by atoms with van der Waals surface area (Å²) in [6, 6.07) is 16.3. The smallest absolute Gasteiger partial charge is 0.257 e. The molecule has 0 saturated heterocycles. The number of hydrogen-bond acceptors (Lipinski definition) is 4. The number of benzene rings is 3. The van der Waals surface area contributed by atoms with Gasteiger partial charge in [-0.3, -0.25) is 14.5 Å². The van der Waals surface area contributed by atoms with E-state index in [1.165, 1.54) is 17.9 Å². The molecule has 5 rings (SSSR count). The van der Waals surface area contributed by atoms with Crippen molar-refractivity contribution in [3.63, 3.8) is 0 Å². The normalized spacial score (nSPS) is 19.9. The van der Waals surface area contributed by atoms with Gasteiger partial charge < -0.3 is 9.84 Å². The first-order valence-electron chi connectivity index (χ1n) is 11.6. The average Bonchev–Trinajstić information content (AvgIpc) is 3.61. The number of hydrogen-bond donors (Lipinski definition) is 1. The molecule has 0 aromatic heterocycles. The Bertz CT molecular complexity index is 1340. The molecule has 1 saturated carbocycles. The Hall–Kier alpha value is -2.77. The maximum atomic E-state index is 15.9. The Morgan fingerprint density at radius 3 is 2.22 bits per heavy atom. The van der Waals surface area contributed by atoms with Crippen LogP contribution in [-0.2, 0) is 17.0 Å². The molecule has 0 spiro atoms. The van der Waals surface area contributed by atoms with Gasteiger partial charge in [-0.15, -0.1) is 0 Å². The van der Waals surface area contributed by atoms with Crippen LogP contribution in [0.2, 0.25) is 10.0 Å². The van der Waals surface area contributed by atoms with E-state index in [4.69, 9.17) is 27.9 Å². The summed E-state index contributed by atoms with van der Waals surface area (Å²) in [6.07, 6.45) is 1.54. The van der Waals surface area contributed by atoms with Crippen LogP contribution < -0.4 is 0 Å². The Morgan fingerprint density at radius 2 is 1.67 bits per heavy atom. The van der Waals surface area contributed by atoms with E-state index in [0.717, 1.165) is 24.5 Å². The molecule has 186 valence electrons. The lowest BCUT2D eigenvalue weighted by atomic mass is 9.91.